The molecule has 3 heterocycles. The molecule has 28 heavy (non-hydrogen) atoms. The molecule has 1 aliphatic rings. The maximum atomic E-state index is 10.7. The highest BCUT2D eigenvalue weighted by atomic mass is 35.5. The van der Waals surface area contributed by atoms with Crippen molar-refractivity contribution in [1.29, 1.82) is 0 Å². The van der Waals surface area contributed by atoms with Crippen molar-refractivity contribution in [3.63, 3.8) is 0 Å². The summed E-state index contributed by atoms with van der Waals surface area (Å²) < 4.78 is 7.39. The summed E-state index contributed by atoms with van der Waals surface area (Å²) in [6.07, 6.45) is 1.17. The van der Waals surface area contributed by atoms with Gasteiger partial charge in [0, 0.05) is 12.5 Å². The van der Waals surface area contributed by atoms with Gasteiger partial charge < -0.3 is 48.7 Å². The third kappa shape index (κ3) is 4.47. The third-order valence-corrected chi connectivity index (χ3v) is 6.36. The van der Waals surface area contributed by atoms with Crippen LogP contribution in [0.2, 0.25) is 0 Å². The molecule has 6 N–H and O–H groups in total. The van der Waals surface area contributed by atoms with E-state index < -0.39 is 36.6 Å². The number of rotatable bonds is 7. The largest absolute Gasteiger partial charge is 1.00 e. The van der Waals surface area contributed by atoms with E-state index in [1.165, 1.54) is 17.2 Å². The summed E-state index contributed by atoms with van der Waals surface area (Å²) in [6, 6.07) is -1.02. The summed E-state index contributed by atoms with van der Waals surface area (Å²) >= 11 is 0. The summed E-state index contributed by atoms with van der Waals surface area (Å²) in [4.78, 5) is 22.8. The molecule has 11 nitrogen and oxygen atoms in total. The summed E-state index contributed by atoms with van der Waals surface area (Å²) in [5.41, 5.74) is 12.0. The molecule has 0 radical (unpaired) electrons. The van der Waals surface area contributed by atoms with Crippen LogP contribution in [0.15, 0.2) is 12.7 Å². The molecule has 0 bridgehead atoms. The Kier molecular flexibility index (Phi) is 7.42. The lowest BCUT2D eigenvalue weighted by atomic mass is 10.1. The molecule has 0 amide bonds. The van der Waals surface area contributed by atoms with E-state index in [9.17, 15) is 20.1 Å². The van der Waals surface area contributed by atoms with Gasteiger partial charge in [-0.15, -0.1) is 0 Å². The number of anilines is 1. The number of aliphatic hydroxyl groups excluding tert-OH is 2. The number of nitrogens with two attached hydrogens (primary N) is 2. The number of halogens is 1. The number of aliphatic carboxylic acids is 1. The first-order valence-electron chi connectivity index (χ1n) is 8.29. The number of nitrogen functional groups attached to an aromatic ring is 1. The van der Waals surface area contributed by atoms with E-state index >= 15 is 0 Å². The second-order valence-electron chi connectivity index (χ2n) is 6.50. The van der Waals surface area contributed by atoms with Crippen LogP contribution in [0.25, 0.3) is 11.2 Å². The molecule has 1 saturated heterocycles. The second kappa shape index (κ2) is 9.20. The molecular weight excluding hydrogens is 412 g/mol. The minimum atomic E-state index is -1.28. The molecule has 156 valence electrons. The van der Waals surface area contributed by atoms with Crippen molar-refractivity contribution in [2.45, 2.75) is 37.0 Å². The van der Waals surface area contributed by atoms with Crippen LogP contribution in [0.3, 0.4) is 0 Å². The molecular formula is C15H22ClN6O5S-. The van der Waals surface area contributed by atoms with Crippen LogP contribution in [0, 0.1) is 0 Å². The Hall–Kier alpha value is -1.70. The number of carbonyl (C=O) groups is 1. The fourth-order valence-corrected chi connectivity index (χ4v) is 4.62. The molecule has 3 rings (SSSR count). The monoisotopic (exact) mass is 433 g/mol. The van der Waals surface area contributed by atoms with Gasteiger partial charge in [0.25, 0.3) is 0 Å². The van der Waals surface area contributed by atoms with Gasteiger partial charge in [-0.25, -0.2) is 15.0 Å². The van der Waals surface area contributed by atoms with Crippen LogP contribution in [-0.2, 0) is 20.4 Å². The Morgan fingerprint density at radius 3 is 2.79 bits per heavy atom. The van der Waals surface area contributed by atoms with Crippen molar-refractivity contribution in [3.05, 3.63) is 12.7 Å². The van der Waals surface area contributed by atoms with Crippen molar-refractivity contribution in [1.82, 2.24) is 19.5 Å². The van der Waals surface area contributed by atoms with Crippen molar-refractivity contribution < 1.29 is 37.3 Å². The van der Waals surface area contributed by atoms with E-state index in [2.05, 4.69) is 15.0 Å². The number of carbonyl (C=O) groups excluding carboxylic acids is 1. The Labute approximate surface area is 169 Å². The number of hydrogen-bond donors (Lipinski definition) is 4. The van der Waals surface area contributed by atoms with Crippen molar-refractivity contribution >= 4 is 33.8 Å². The molecule has 0 saturated carbocycles. The molecule has 2 aromatic heterocycles. The molecule has 0 aliphatic carbocycles. The number of aliphatic hydroxyl groups is 2. The molecule has 0 spiro atoms. The van der Waals surface area contributed by atoms with Crippen LogP contribution >= 0.6 is 0 Å². The van der Waals surface area contributed by atoms with E-state index in [4.69, 9.17) is 16.2 Å². The summed E-state index contributed by atoms with van der Waals surface area (Å²) in [7, 11) is -0.263. The lowest BCUT2D eigenvalue weighted by Gasteiger charge is -2.16. The van der Waals surface area contributed by atoms with Crippen LogP contribution in [0.5, 0.6) is 0 Å². The van der Waals surface area contributed by atoms with Gasteiger partial charge in [-0.3, -0.25) is 4.57 Å². The van der Waals surface area contributed by atoms with Crippen molar-refractivity contribution in [2.24, 2.45) is 5.73 Å². The Morgan fingerprint density at radius 2 is 2.11 bits per heavy atom. The highest BCUT2D eigenvalue weighted by Crippen LogP contribution is 2.32. The average Bonchev–Trinajstić information content (AvgIpc) is 3.17. The van der Waals surface area contributed by atoms with E-state index in [1.807, 2.05) is 6.26 Å². The predicted octanol–water partition coefficient (Wildman–Crippen LogP) is -6.25. The van der Waals surface area contributed by atoms with E-state index in [0.717, 1.165) is 0 Å². The normalized spacial score (nSPS) is 26.7. The topological polar surface area (TPSA) is 185 Å². The van der Waals surface area contributed by atoms with Gasteiger partial charge in [0.2, 0.25) is 0 Å². The first kappa shape index (κ1) is 22.6. The maximum absolute atomic E-state index is 10.7. The highest BCUT2D eigenvalue weighted by Gasteiger charge is 2.46. The molecule has 6 atom stereocenters. The van der Waals surface area contributed by atoms with Crippen molar-refractivity contribution in [2.75, 3.05) is 23.5 Å². The number of fused-ring (bicyclic) bond motifs is 1. The van der Waals surface area contributed by atoms with Crippen LogP contribution in [0.4, 0.5) is 5.82 Å². The molecule has 2 unspecified atom stereocenters. The fraction of sp³-hybridized carbons (Fsp3) is 0.600. The number of carboxylic acid groups (broad SMARTS) is 1. The second-order valence-corrected chi connectivity index (χ2v) is 8.80. The summed E-state index contributed by atoms with van der Waals surface area (Å²) in [5, 5.41) is 31.5. The van der Waals surface area contributed by atoms with E-state index in [1.54, 1.807) is 0 Å². The predicted molar refractivity (Wildman–Crippen MR) is 96.3 cm³/mol. The Morgan fingerprint density at radius 1 is 1.39 bits per heavy atom. The third-order valence-electron chi connectivity index (χ3n) is 4.53. The summed E-state index contributed by atoms with van der Waals surface area (Å²) in [6.45, 7) is 0. The van der Waals surface area contributed by atoms with Gasteiger partial charge in [-0.2, -0.15) is 0 Å². The smallest absolute Gasteiger partial charge is 0.167 e. The first-order valence-corrected chi connectivity index (χ1v) is 10.3. The van der Waals surface area contributed by atoms with Gasteiger partial charge in [-0.05, 0) is 10.9 Å². The van der Waals surface area contributed by atoms with Crippen LogP contribution in [0.1, 0.15) is 12.6 Å². The Balaban J connectivity index is 0.00000280. The zero-order valence-corrected chi connectivity index (χ0v) is 16.6. The zero-order valence-electron chi connectivity index (χ0n) is 15.0. The number of nitrogens with zero attached hydrogens (tertiary/aromatic N) is 4. The number of ether oxygens (including phenoxy) is 1. The van der Waals surface area contributed by atoms with Crippen molar-refractivity contribution in [3.8, 4) is 0 Å². The van der Waals surface area contributed by atoms with E-state index in [0.29, 0.717) is 22.7 Å². The lowest BCUT2D eigenvalue weighted by Crippen LogP contribution is -3.00. The lowest BCUT2D eigenvalue weighted by molar-refractivity contribution is -0.307. The first-order chi connectivity index (χ1) is 12.8. The van der Waals surface area contributed by atoms with Crippen LogP contribution < -0.4 is 29.0 Å². The number of carboxylic acids is 1. The zero-order chi connectivity index (χ0) is 19.7. The quantitative estimate of drug-likeness (QED) is 0.306. The average molecular weight is 434 g/mol. The molecule has 1 fully saturated rings. The van der Waals surface area contributed by atoms with Gasteiger partial charge >= 0.3 is 0 Å². The number of imidazole rings is 1. The Bertz CT molecular complexity index is 825. The SMILES string of the molecule is C[S+](CCC(N)C(=O)[O-])C[C@H]1O[C@@H](n2cnc3c(N)ncnc32)[C@H](O)[C@@H]1O.[Cl-]. The highest BCUT2D eigenvalue weighted by molar-refractivity contribution is 7.96. The minimum absolute atomic E-state index is 0. The van der Waals surface area contributed by atoms with Gasteiger partial charge in [0.15, 0.2) is 17.7 Å². The molecule has 1 aliphatic heterocycles. The number of aromatic nitrogens is 4. The molecule has 0 aromatic carbocycles. The maximum Gasteiger partial charge on any atom is 0.167 e. The molecule has 2 aromatic rings. The van der Waals surface area contributed by atoms with Gasteiger partial charge in [0.05, 0.1) is 18.6 Å². The summed E-state index contributed by atoms with van der Waals surface area (Å²) in [5.74, 6) is -0.0611. The standard InChI is InChI=1S/C15H22N6O5S.ClH/c1-27(3-2-7(16)15(24)25)4-8-10(22)11(23)14(26-8)21-6-20-9-12(17)18-5-19-13(9)21;/h5-8,10-11,14,22-23H,2-4,16H2,1H3,(H2-,17,18,19,24,25);1H/p-1/t7?,8-,10-,11-,14-,27?;/m1./s1. The fourth-order valence-electron chi connectivity index (χ4n) is 2.96. The van der Waals surface area contributed by atoms with E-state index in [-0.39, 0.29) is 35.5 Å². The van der Waals surface area contributed by atoms with Gasteiger partial charge in [0.1, 0.15) is 41.7 Å². The number of hydrogen-bond acceptors (Lipinski definition) is 10. The molecule has 13 heteroatoms. The van der Waals surface area contributed by atoms with Gasteiger partial charge in [-0.1, -0.05) is 0 Å². The minimum Gasteiger partial charge on any atom is -1.00 e. The van der Waals surface area contributed by atoms with Crippen LogP contribution in [-0.4, -0.2) is 77.8 Å².